The van der Waals surface area contributed by atoms with Crippen LogP contribution in [-0.2, 0) is 10.0 Å². The second-order valence-corrected chi connectivity index (χ2v) is 6.81. The summed E-state index contributed by atoms with van der Waals surface area (Å²) in [5, 5.41) is 3.02. The summed E-state index contributed by atoms with van der Waals surface area (Å²) < 4.78 is 26.8. The van der Waals surface area contributed by atoms with Gasteiger partial charge in [-0.15, -0.1) is 0 Å². The molecule has 0 saturated carbocycles. The lowest BCUT2D eigenvalue weighted by atomic mass is 9.99. The molecule has 4 nitrogen and oxygen atoms in total. The molecule has 1 rings (SSSR count). The molecule has 0 aliphatic rings. The topological polar surface area (TPSA) is 58.2 Å². The summed E-state index contributed by atoms with van der Waals surface area (Å²) in [6.45, 7) is 9.24. The Kier molecular flexibility index (Phi) is 5.82. The molecule has 0 atom stereocenters. The van der Waals surface area contributed by atoms with E-state index >= 15 is 0 Å². The van der Waals surface area contributed by atoms with Crippen LogP contribution in [0, 0.1) is 6.92 Å². The predicted octanol–water partition coefficient (Wildman–Crippen LogP) is 2.47. The molecule has 5 heteroatoms. The zero-order valence-corrected chi connectivity index (χ0v) is 13.0. The first kappa shape index (κ1) is 16.0. The smallest absolute Gasteiger partial charge is 0.233 e. The maximum absolute atomic E-state index is 12.1. The molecule has 0 fully saturated rings. The molecule has 0 radical (unpaired) electrons. The Morgan fingerprint density at radius 3 is 2.53 bits per heavy atom. The van der Waals surface area contributed by atoms with Crippen LogP contribution in [0.1, 0.15) is 37.8 Å². The zero-order valence-electron chi connectivity index (χ0n) is 12.2. The van der Waals surface area contributed by atoms with E-state index in [1.165, 1.54) is 0 Å². The second-order valence-electron chi connectivity index (χ2n) is 4.97. The van der Waals surface area contributed by atoms with E-state index in [1.807, 2.05) is 32.0 Å². The maximum atomic E-state index is 12.1. The highest BCUT2D eigenvalue weighted by molar-refractivity contribution is 7.92. The molecule has 0 aliphatic carbocycles. The molecule has 0 heterocycles. The minimum absolute atomic E-state index is 0.0900. The van der Waals surface area contributed by atoms with Gasteiger partial charge in [-0.25, -0.2) is 8.42 Å². The zero-order chi connectivity index (χ0) is 14.5. The number of nitrogens with one attached hydrogen (secondary N) is 2. The summed E-state index contributed by atoms with van der Waals surface area (Å²) in [6.07, 6.45) is 0. The van der Waals surface area contributed by atoms with Gasteiger partial charge in [0.25, 0.3) is 0 Å². The Hall–Kier alpha value is -1.07. The first-order valence-corrected chi connectivity index (χ1v) is 8.33. The van der Waals surface area contributed by atoms with Crippen molar-refractivity contribution in [3.8, 4) is 0 Å². The van der Waals surface area contributed by atoms with Gasteiger partial charge in [0.1, 0.15) is 0 Å². The van der Waals surface area contributed by atoms with Crippen molar-refractivity contribution in [2.75, 3.05) is 23.6 Å². The third-order valence-electron chi connectivity index (χ3n) is 2.98. The molecule has 0 bridgehead atoms. The first-order valence-electron chi connectivity index (χ1n) is 6.68. The molecule has 0 amide bonds. The molecule has 0 aliphatic heterocycles. The quantitative estimate of drug-likeness (QED) is 0.756. The Bertz CT molecular complexity index is 510. The third-order valence-corrected chi connectivity index (χ3v) is 4.24. The Morgan fingerprint density at radius 1 is 1.26 bits per heavy atom. The average Bonchev–Trinajstić information content (AvgIpc) is 2.31. The van der Waals surface area contributed by atoms with E-state index in [0.717, 1.165) is 23.4 Å². The number of sulfonamides is 1. The molecule has 0 spiro atoms. The van der Waals surface area contributed by atoms with E-state index in [-0.39, 0.29) is 11.7 Å². The van der Waals surface area contributed by atoms with E-state index in [4.69, 9.17) is 0 Å². The van der Waals surface area contributed by atoms with Crippen LogP contribution in [0.25, 0.3) is 0 Å². The van der Waals surface area contributed by atoms with Gasteiger partial charge in [0, 0.05) is 6.54 Å². The van der Waals surface area contributed by atoms with Crippen LogP contribution in [0.3, 0.4) is 0 Å². The third kappa shape index (κ3) is 4.84. The molecule has 0 aromatic heterocycles. The van der Waals surface area contributed by atoms with E-state index < -0.39 is 10.0 Å². The van der Waals surface area contributed by atoms with Crippen LogP contribution in [0.4, 0.5) is 5.69 Å². The number of aryl methyl sites for hydroxylation is 1. The van der Waals surface area contributed by atoms with Crippen LogP contribution < -0.4 is 10.0 Å². The molecule has 108 valence electrons. The molecule has 2 N–H and O–H groups in total. The minimum Gasteiger partial charge on any atom is -0.316 e. The van der Waals surface area contributed by atoms with Crippen molar-refractivity contribution in [3.63, 3.8) is 0 Å². The summed E-state index contributed by atoms with van der Waals surface area (Å²) in [7, 11) is -3.30. The van der Waals surface area contributed by atoms with E-state index in [0.29, 0.717) is 6.54 Å². The standard InChI is InChI=1S/C14H24N2O2S/c1-5-15-9-10-19(17,18)16-14-12(4)7-6-8-13(14)11(2)3/h6-8,11,15-16H,5,9-10H2,1-4H3. The normalized spacial score (nSPS) is 11.8. The van der Waals surface area contributed by atoms with Gasteiger partial charge >= 0.3 is 0 Å². The second kappa shape index (κ2) is 6.91. The molecular weight excluding hydrogens is 260 g/mol. The fourth-order valence-electron chi connectivity index (χ4n) is 1.90. The van der Waals surface area contributed by atoms with Crippen LogP contribution >= 0.6 is 0 Å². The van der Waals surface area contributed by atoms with Crippen LogP contribution in [-0.4, -0.2) is 27.3 Å². The maximum Gasteiger partial charge on any atom is 0.233 e. The lowest BCUT2D eigenvalue weighted by Gasteiger charge is -2.17. The summed E-state index contributed by atoms with van der Waals surface area (Å²) in [5.41, 5.74) is 2.72. The molecule has 0 unspecified atom stereocenters. The van der Waals surface area contributed by atoms with Gasteiger partial charge in [-0.1, -0.05) is 39.0 Å². The summed E-state index contributed by atoms with van der Waals surface area (Å²) >= 11 is 0. The summed E-state index contributed by atoms with van der Waals surface area (Å²) in [5.74, 6) is 0.374. The van der Waals surface area contributed by atoms with Gasteiger partial charge in [0.05, 0.1) is 11.4 Å². The van der Waals surface area contributed by atoms with Gasteiger partial charge in [-0.05, 0) is 30.5 Å². The predicted molar refractivity (Wildman–Crippen MR) is 81.2 cm³/mol. The van der Waals surface area contributed by atoms with Crippen LogP contribution in [0.15, 0.2) is 18.2 Å². The lowest BCUT2D eigenvalue weighted by Crippen LogP contribution is -2.27. The molecule has 1 aromatic rings. The van der Waals surface area contributed by atoms with Crippen molar-refractivity contribution >= 4 is 15.7 Å². The molecule has 0 saturated heterocycles. The van der Waals surface area contributed by atoms with Crippen molar-refractivity contribution in [3.05, 3.63) is 29.3 Å². The molecule has 19 heavy (non-hydrogen) atoms. The van der Waals surface area contributed by atoms with Gasteiger partial charge in [0.15, 0.2) is 0 Å². The number of benzene rings is 1. The van der Waals surface area contributed by atoms with Crippen molar-refractivity contribution in [2.24, 2.45) is 0 Å². The van der Waals surface area contributed by atoms with Gasteiger partial charge in [-0.3, -0.25) is 4.72 Å². The highest BCUT2D eigenvalue weighted by atomic mass is 32.2. The van der Waals surface area contributed by atoms with E-state index in [9.17, 15) is 8.42 Å². The number of para-hydroxylation sites is 1. The Balaban J connectivity index is 2.92. The van der Waals surface area contributed by atoms with Crippen LogP contribution in [0.5, 0.6) is 0 Å². The number of rotatable bonds is 7. The van der Waals surface area contributed by atoms with Gasteiger partial charge in [-0.2, -0.15) is 0 Å². The monoisotopic (exact) mass is 284 g/mol. The highest BCUT2D eigenvalue weighted by Crippen LogP contribution is 2.28. The number of anilines is 1. The Labute approximate surface area is 116 Å². The minimum atomic E-state index is -3.30. The van der Waals surface area contributed by atoms with Crippen molar-refractivity contribution in [1.29, 1.82) is 0 Å². The average molecular weight is 284 g/mol. The SMILES string of the molecule is CCNCCS(=O)(=O)Nc1c(C)cccc1C(C)C. The summed E-state index contributed by atoms with van der Waals surface area (Å²) in [4.78, 5) is 0. The largest absolute Gasteiger partial charge is 0.316 e. The number of hydrogen-bond acceptors (Lipinski definition) is 3. The molecular formula is C14H24N2O2S. The van der Waals surface area contributed by atoms with E-state index in [1.54, 1.807) is 0 Å². The fourth-order valence-corrected chi connectivity index (χ4v) is 3.01. The van der Waals surface area contributed by atoms with E-state index in [2.05, 4.69) is 23.9 Å². The van der Waals surface area contributed by atoms with Gasteiger partial charge in [0.2, 0.25) is 10.0 Å². The number of hydrogen-bond donors (Lipinski definition) is 2. The van der Waals surface area contributed by atoms with Crippen LogP contribution in [0.2, 0.25) is 0 Å². The van der Waals surface area contributed by atoms with Crippen molar-refractivity contribution in [1.82, 2.24) is 5.32 Å². The summed E-state index contributed by atoms with van der Waals surface area (Å²) in [6, 6.07) is 5.86. The van der Waals surface area contributed by atoms with Gasteiger partial charge < -0.3 is 5.32 Å². The lowest BCUT2D eigenvalue weighted by molar-refractivity contribution is 0.597. The Morgan fingerprint density at radius 2 is 1.95 bits per heavy atom. The van der Waals surface area contributed by atoms with Crippen molar-refractivity contribution < 1.29 is 8.42 Å². The highest BCUT2D eigenvalue weighted by Gasteiger charge is 2.15. The molecule has 1 aromatic carbocycles. The fraction of sp³-hybridized carbons (Fsp3) is 0.571. The first-order chi connectivity index (χ1) is 8.87. The van der Waals surface area contributed by atoms with Crippen molar-refractivity contribution in [2.45, 2.75) is 33.6 Å².